The molecule has 0 unspecified atom stereocenters. The maximum Gasteiger partial charge on any atom is 0.272 e. The molecule has 8 heteroatoms. The number of aldehydes is 1. The molecule has 0 aliphatic heterocycles. The van der Waals surface area contributed by atoms with E-state index in [1.165, 1.54) is 6.20 Å². The summed E-state index contributed by atoms with van der Waals surface area (Å²) in [5, 5.41) is 0. The third-order valence-electron chi connectivity index (χ3n) is 2.56. The van der Waals surface area contributed by atoms with Crippen molar-refractivity contribution in [2.45, 2.75) is 13.3 Å². The van der Waals surface area contributed by atoms with Gasteiger partial charge in [0.25, 0.3) is 6.43 Å². The highest BCUT2D eigenvalue weighted by Gasteiger charge is 2.13. The van der Waals surface area contributed by atoms with Gasteiger partial charge < -0.3 is 4.74 Å². The zero-order valence-corrected chi connectivity index (χ0v) is 10.9. The Balaban J connectivity index is 2.36. The van der Waals surface area contributed by atoms with E-state index in [0.29, 0.717) is 12.0 Å². The van der Waals surface area contributed by atoms with Crippen LogP contribution in [0.5, 0.6) is 5.88 Å². The lowest BCUT2D eigenvalue weighted by Gasteiger charge is -2.08. The third-order valence-corrected chi connectivity index (χ3v) is 2.56. The van der Waals surface area contributed by atoms with Crippen LogP contribution in [0.4, 0.5) is 13.2 Å². The first kappa shape index (κ1) is 14.9. The van der Waals surface area contributed by atoms with Crippen LogP contribution in [0.3, 0.4) is 0 Å². The van der Waals surface area contributed by atoms with Crippen LogP contribution < -0.4 is 4.74 Å². The lowest BCUT2D eigenvalue weighted by molar-refractivity contribution is 0.0795. The number of aryl methyl sites for hydroxylation is 1. The van der Waals surface area contributed by atoms with Gasteiger partial charge in [0.2, 0.25) is 5.88 Å². The molecule has 110 valence electrons. The molecule has 0 aliphatic carbocycles. The molecule has 0 atom stereocenters. The number of carbonyl (C=O) groups excluding carboxylic acids is 1. The largest absolute Gasteiger partial charge is 0.472 e. The summed E-state index contributed by atoms with van der Waals surface area (Å²) in [4.78, 5) is 22.1. The summed E-state index contributed by atoms with van der Waals surface area (Å²) in [6.07, 6.45) is -0.0619. The monoisotopic (exact) mass is 297 g/mol. The number of pyridine rings is 1. The molecule has 2 rings (SSSR count). The first-order chi connectivity index (χ1) is 10.0. The van der Waals surface area contributed by atoms with E-state index in [9.17, 15) is 18.0 Å². The summed E-state index contributed by atoms with van der Waals surface area (Å²) in [5.74, 6) is -0.849. The minimum atomic E-state index is -2.66. The van der Waals surface area contributed by atoms with Crippen molar-refractivity contribution in [1.82, 2.24) is 15.0 Å². The number of nitrogens with zero attached hydrogens (tertiary/aromatic N) is 3. The molecule has 2 aromatic heterocycles. The molecule has 0 amide bonds. The van der Waals surface area contributed by atoms with Crippen molar-refractivity contribution in [2.75, 3.05) is 6.61 Å². The molecule has 0 aliphatic rings. The molecule has 0 spiro atoms. The van der Waals surface area contributed by atoms with Gasteiger partial charge in [-0.1, -0.05) is 0 Å². The summed E-state index contributed by atoms with van der Waals surface area (Å²) in [7, 11) is 0. The SMILES string of the molecule is Cc1nc(-c2cc(OCC(F)F)ncc2F)cnc1C=O. The van der Waals surface area contributed by atoms with Gasteiger partial charge in [-0.25, -0.2) is 28.1 Å². The Hall–Kier alpha value is -2.51. The Morgan fingerprint density at radius 1 is 1.33 bits per heavy atom. The molecular weight excluding hydrogens is 287 g/mol. The topological polar surface area (TPSA) is 65.0 Å². The molecular formula is C13H10F3N3O2. The number of hydrogen-bond acceptors (Lipinski definition) is 5. The predicted octanol–water partition coefficient (Wildman–Crippen LogP) is 2.44. The Labute approximate surface area is 117 Å². The fraction of sp³-hybridized carbons (Fsp3) is 0.231. The Bertz CT molecular complexity index is 665. The number of aromatic nitrogens is 3. The number of ether oxygens (including phenoxy) is 1. The van der Waals surface area contributed by atoms with Crippen molar-refractivity contribution in [3.05, 3.63) is 35.7 Å². The molecule has 0 aromatic carbocycles. The van der Waals surface area contributed by atoms with Crippen LogP contribution in [0.15, 0.2) is 18.5 Å². The van der Waals surface area contributed by atoms with Crippen LogP contribution in [-0.4, -0.2) is 34.3 Å². The number of carbonyl (C=O) groups is 1. The standard InChI is InChI=1S/C13H10F3N3O2/c1-7-11(5-20)17-4-10(19-7)8-2-13(18-3-9(8)14)21-6-12(15)16/h2-5,12H,6H2,1H3. The van der Waals surface area contributed by atoms with E-state index < -0.39 is 18.8 Å². The molecule has 0 fully saturated rings. The molecule has 2 heterocycles. The first-order valence-corrected chi connectivity index (χ1v) is 5.87. The van der Waals surface area contributed by atoms with Crippen molar-refractivity contribution < 1.29 is 22.7 Å². The van der Waals surface area contributed by atoms with E-state index in [4.69, 9.17) is 4.74 Å². The molecule has 5 nitrogen and oxygen atoms in total. The molecule has 0 saturated carbocycles. The average molecular weight is 297 g/mol. The fourth-order valence-corrected chi connectivity index (χ4v) is 1.58. The predicted molar refractivity (Wildman–Crippen MR) is 66.8 cm³/mol. The third kappa shape index (κ3) is 3.53. The Morgan fingerprint density at radius 3 is 2.71 bits per heavy atom. The lowest BCUT2D eigenvalue weighted by atomic mass is 10.2. The van der Waals surface area contributed by atoms with Crippen molar-refractivity contribution >= 4 is 6.29 Å². The minimum Gasteiger partial charge on any atom is -0.472 e. The second kappa shape index (κ2) is 6.29. The highest BCUT2D eigenvalue weighted by Crippen LogP contribution is 2.24. The highest BCUT2D eigenvalue weighted by molar-refractivity contribution is 5.74. The summed E-state index contributed by atoms with van der Waals surface area (Å²) in [6, 6.07) is 1.15. The van der Waals surface area contributed by atoms with E-state index in [1.807, 2.05) is 0 Å². The van der Waals surface area contributed by atoms with Crippen molar-refractivity contribution in [2.24, 2.45) is 0 Å². The average Bonchev–Trinajstić information content (AvgIpc) is 2.46. The molecule has 0 saturated heterocycles. The van der Waals surface area contributed by atoms with Crippen LogP contribution in [-0.2, 0) is 0 Å². The first-order valence-electron chi connectivity index (χ1n) is 5.87. The molecule has 0 bridgehead atoms. The van der Waals surface area contributed by atoms with Gasteiger partial charge >= 0.3 is 0 Å². The van der Waals surface area contributed by atoms with Gasteiger partial charge in [-0.2, -0.15) is 0 Å². The van der Waals surface area contributed by atoms with E-state index in [1.54, 1.807) is 6.92 Å². The summed E-state index contributed by atoms with van der Waals surface area (Å²) in [5.41, 5.74) is 0.623. The highest BCUT2D eigenvalue weighted by atomic mass is 19.3. The van der Waals surface area contributed by atoms with Crippen LogP contribution in [0, 0.1) is 12.7 Å². The van der Waals surface area contributed by atoms with E-state index in [2.05, 4.69) is 15.0 Å². The minimum absolute atomic E-state index is 0.00214. The maximum absolute atomic E-state index is 13.8. The van der Waals surface area contributed by atoms with Crippen molar-refractivity contribution in [3.8, 4) is 17.1 Å². The molecule has 0 radical (unpaired) electrons. The Morgan fingerprint density at radius 2 is 2.10 bits per heavy atom. The lowest BCUT2D eigenvalue weighted by Crippen LogP contribution is -2.08. The molecule has 2 aromatic rings. The van der Waals surface area contributed by atoms with E-state index >= 15 is 0 Å². The van der Waals surface area contributed by atoms with Gasteiger partial charge in [0.1, 0.15) is 5.69 Å². The second-order valence-corrected chi connectivity index (χ2v) is 4.05. The van der Waals surface area contributed by atoms with Gasteiger partial charge in [0, 0.05) is 11.6 Å². The Kier molecular flexibility index (Phi) is 4.46. The van der Waals surface area contributed by atoms with Gasteiger partial charge in [-0.3, -0.25) is 4.79 Å². The zero-order valence-electron chi connectivity index (χ0n) is 10.9. The summed E-state index contributed by atoms with van der Waals surface area (Å²) < 4.78 is 42.6. The fourth-order valence-electron chi connectivity index (χ4n) is 1.58. The normalized spacial score (nSPS) is 10.7. The zero-order chi connectivity index (χ0) is 15.4. The van der Waals surface area contributed by atoms with Crippen molar-refractivity contribution in [1.29, 1.82) is 0 Å². The van der Waals surface area contributed by atoms with E-state index in [-0.39, 0.29) is 22.8 Å². The van der Waals surface area contributed by atoms with Crippen LogP contribution in [0.25, 0.3) is 11.3 Å². The second-order valence-electron chi connectivity index (χ2n) is 4.05. The quantitative estimate of drug-likeness (QED) is 0.793. The maximum atomic E-state index is 13.8. The van der Waals surface area contributed by atoms with Crippen LogP contribution >= 0.6 is 0 Å². The molecule has 21 heavy (non-hydrogen) atoms. The number of hydrogen-bond donors (Lipinski definition) is 0. The number of rotatable bonds is 5. The summed E-state index contributed by atoms with van der Waals surface area (Å²) in [6.45, 7) is 0.709. The number of halogens is 3. The molecule has 0 N–H and O–H groups in total. The van der Waals surface area contributed by atoms with Gasteiger partial charge in [-0.05, 0) is 6.92 Å². The summed E-state index contributed by atoms with van der Waals surface area (Å²) >= 11 is 0. The number of alkyl halides is 2. The van der Waals surface area contributed by atoms with Gasteiger partial charge in [-0.15, -0.1) is 0 Å². The van der Waals surface area contributed by atoms with Crippen molar-refractivity contribution in [3.63, 3.8) is 0 Å². The smallest absolute Gasteiger partial charge is 0.272 e. The van der Waals surface area contributed by atoms with Crippen LogP contribution in [0.2, 0.25) is 0 Å². The van der Waals surface area contributed by atoms with Gasteiger partial charge in [0.05, 0.1) is 23.8 Å². The van der Waals surface area contributed by atoms with E-state index in [0.717, 1.165) is 12.3 Å². The van der Waals surface area contributed by atoms with Gasteiger partial charge in [0.15, 0.2) is 18.7 Å². The van der Waals surface area contributed by atoms with Crippen LogP contribution in [0.1, 0.15) is 16.2 Å².